The van der Waals surface area contributed by atoms with Crippen LogP contribution >= 0.6 is 0 Å². The largest absolute Gasteiger partial charge is 0.496 e. The lowest BCUT2D eigenvalue weighted by molar-refractivity contribution is 0.411. The van der Waals surface area contributed by atoms with Crippen LogP contribution in [-0.4, -0.2) is 24.7 Å². The highest BCUT2D eigenvalue weighted by Crippen LogP contribution is 2.27. The summed E-state index contributed by atoms with van der Waals surface area (Å²) < 4.78 is 11.2. The van der Waals surface area contributed by atoms with Crippen molar-refractivity contribution < 1.29 is 9.15 Å². The van der Waals surface area contributed by atoms with E-state index in [0.717, 1.165) is 54.0 Å². The number of nitrogens with one attached hydrogen (secondary N) is 1. The lowest BCUT2D eigenvalue weighted by Gasteiger charge is -2.05. The number of oxazole rings is 1. The maximum atomic E-state index is 5.84. The summed E-state index contributed by atoms with van der Waals surface area (Å²) in [4.78, 5) is 4.37. The molecule has 4 heteroatoms. The summed E-state index contributed by atoms with van der Waals surface area (Å²) in [6.45, 7) is 3.07. The van der Waals surface area contributed by atoms with Crippen LogP contribution in [0.4, 0.5) is 0 Å². The van der Waals surface area contributed by atoms with Crippen molar-refractivity contribution in [2.75, 3.05) is 13.7 Å². The third-order valence-corrected chi connectivity index (χ3v) is 3.82. The van der Waals surface area contributed by atoms with Crippen LogP contribution in [0.1, 0.15) is 30.7 Å². The van der Waals surface area contributed by atoms with Crippen molar-refractivity contribution in [3.05, 3.63) is 35.9 Å². The molecule has 1 heterocycles. The van der Waals surface area contributed by atoms with Crippen LogP contribution < -0.4 is 10.1 Å². The minimum atomic E-state index is 0.769. The normalized spacial score (nSPS) is 14.4. The Morgan fingerprint density at radius 3 is 3.00 bits per heavy atom. The third-order valence-electron chi connectivity index (χ3n) is 3.82. The molecule has 1 N–H and O–H groups in total. The zero-order valence-electron chi connectivity index (χ0n) is 12.7. The van der Waals surface area contributed by atoms with Crippen LogP contribution in [-0.2, 0) is 6.42 Å². The molecule has 1 aromatic heterocycles. The van der Waals surface area contributed by atoms with E-state index >= 15 is 0 Å². The minimum absolute atomic E-state index is 0.769. The monoisotopic (exact) mass is 286 g/mol. The van der Waals surface area contributed by atoms with Crippen LogP contribution in [0.2, 0.25) is 0 Å². The second kappa shape index (κ2) is 6.31. The maximum absolute atomic E-state index is 5.84. The molecule has 0 spiro atoms. The molecule has 0 saturated heterocycles. The van der Waals surface area contributed by atoms with E-state index in [9.17, 15) is 0 Å². The van der Waals surface area contributed by atoms with Crippen LogP contribution in [0, 0.1) is 6.92 Å². The van der Waals surface area contributed by atoms with Crippen molar-refractivity contribution in [3.8, 4) is 17.1 Å². The van der Waals surface area contributed by atoms with Crippen molar-refractivity contribution in [1.82, 2.24) is 10.3 Å². The molecule has 1 aliphatic rings. The van der Waals surface area contributed by atoms with Gasteiger partial charge < -0.3 is 14.5 Å². The van der Waals surface area contributed by atoms with E-state index in [4.69, 9.17) is 9.15 Å². The first kappa shape index (κ1) is 14.1. The van der Waals surface area contributed by atoms with Gasteiger partial charge in [0, 0.05) is 18.0 Å². The smallest absolute Gasteiger partial charge is 0.194 e. The Morgan fingerprint density at radius 2 is 2.24 bits per heavy atom. The first-order valence-electron chi connectivity index (χ1n) is 7.59. The van der Waals surface area contributed by atoms with Gasteiger partial charge in [-0.15, -0.1) is 0 Å². The highest BCUT2D eigenvalue weighted by Gasteiger charge is 2.19. The van der Waals surface area contributed by atoms with Crippen molar-refractivity contribution >= 4 is 0 Å². The zero-order chi connectivity index (χ0) is 14.7. The molecule has 21 heavy (non-hydrogen) atoms. The third kappa shape index (κ3) is 3.64. The molecule has 112 valence electrons. The van der Waals surface area contributed by atoms with Gasteiger partial charge in [0.25, 0.3) is 0 Å². The Kier molecular flexibility index (Phi) is 4.25. The van der Waals surface area contributed by atoms with E-state index in [1.165, 1.54) is 12.8 Å². The van der Waals surface area contributed by atoms with E-state index in [1.807, 2.05) is 25.1 Å². The fraction of sp³-hybridized carbons (Fsp3) is 0.471. The van der Waals surface area contributed by atoms with Gasteiger partial charge in [0.05, 0.1) is 13.3 Å². The number of ether oxygens (including phenoxy) is 1. The molecule has 0 atom stereocenters. The topological polar surface area (TPSA) is 47.3 Å². The Balaban J connectivity index is 1.60. The number of hydrogen-bond acceptors (Lipinski definition) is 4. The molecule has 0 amide bonds. The number of hydrogen-bond donors (Lipinski definition) is 1. The van der Waals surface area contributed by atoms with E-state index in [-0.39, 0.29) is 0 Å². The molecule has 1 aliphatic carbocycles. The summed E-state index contributed by atoms with van der Waals surface area (Å²) in [6.07, 6.45) is 6.40. The van der Waals surface area contributed by atoms with Crippen molar-refractivity contribution in [2.45, 2.75) is 38.6 Å². The molecular weight excluding hydrogens is 264 g/mol. The van der Waals surface area contributed by atoms with Gasteiger partial charge in [-0.3, -0.25) is 0 Å². The number of rotatable bonds is 7. The van der Waals surface area contributed by atoms with Crippen molar-refractivity contribution in [3.63, 3.8) is 0 Å². The van der Waals surface area contributed by atoms with Crippen LogP contribution in [0.5, 0.6) is 5.75 Å². The molecular formula is C17H22N2O2. The molecule has 2 aromatic rings. The van der Waals surface area contributed by atoms with Crippen molar-refractivity contribution in [1.29, 1.82) is 0 Å². The van der Waals surface area contributed by atoms with Crippen LogP contribution in [0.25, 0.3) is 11.3 Å². The van der Waals surface area contributed by atoms with Crippen LogP contribution in [0.15, 0.2) is 28.8 Å². The Morgan fingerprint density at radius 1 is 1.38 bits per heavy atom. The SMILES string of the molecule is COc1cc(-c2cnc(CCCNC3CC3)o2)ccc1C. The second-order valence-electron chi connectivity index (χ2n) is 5.63. The molecule has 3 rings (SSSR count). The summed E-state index contributed by atoms with van der Waals surface area (Å²) in [7, 11) is 1.69. The molecule has 1 aromatic carbocycles. The molecule has 4 nitrogen and oxygen atoms in total. The predicted molar refractivity (Wildman–Crippen MR) is 82.6 cm³/mol. The number of methoxy groups -OCH3 is 1. The van der Waals surface area contributed by atoms with Gasteiger partial charge in [0.2, 0.25) is 0 Å². The number of aryl methyl sites for hydroxylation is 2. The van der Waals surface area contributed by atoms with E-state index in [0.29, 0.717) is 0 Å². The minimum Gasteiger partial charge on any atom is -0.496 e. The van der Waals surface area contributed by atoms with Gasteiger partial charge in [0.1, 0.15) is 5.75 Å². The molecule has 1 saturated carbocycles. The van der Waals surface area contributed by atoms with Gasteiger partial charge in [-0.05, 0) is 44.4 Å². The second-order valence-corrected chi connectivity index (χ2v) is 5.63. The first-order valence-corrected chi connectivity index (χ1v) is 7.59. The molecule has 1 fully saturated rings. The Labute approximate surface area is 125 Å². The summed E-state index contributed by atoms with van der Waals surface area (Å²) >= 11 is 0. The number of aromatic nitrogens is 1. The zero-order valence-corrected chi connectivity index (χ0v) is 12.7. The van der Waals surface area contributed by atoms with Gasteiger partial charge in [-0.25, -0.2) is 4.98 Å². The van der Waals surface area contributed by atoms with Crippen molar-refractivity contribution in [2.24, 2.45) is 0 Å². The highest BCUT2D eigenvalue weighted by molar-refractivity contribution is 5.60. The van der Waals surface area contributed by atoms with Gasteiger partial charge in [-0.2, -0.15) is 0 Å². The first-order chi connectivity index (χ1) is 10.3. The lowest BCUT2D eigenvalue weighted by atomic mass is 10.1. The standard InChI is InChI=1S/C17H22N2O2/c1-12-5-6-13(10-15(12)20-2)16-11-19-17(21-16)4-3-9-18-14-7-8-14/h5-6,10-11,14,18H,3-4,7-9H2,1-2H3. The average Bonchev–Trinajstić information content (AvgIpc) is 3.21. The van der Waals surface area contributed by atoms with E-state index in [2.05, 4.69) is 10.3 Å². The predicted octanol–water partition coefficient (Wildman–Crippen LogP) is 3.34. The fourth-order valence-electron chi connectivity index (χ4n) is 2.37. The maximum Gasteiger partial charge on any atom is 0.194 e. The average molecular weight is 286 g/mol. The number of nitrogens with zero attached hydrogens (tertiary/aromatic N) is 1. The lowest BCUT2D eigenvalue weighted by Crippen LogP contribution is -2.17. The summed E-state index contributed by atoms with van der Waals surface area (Å²) in [6, 6.07) is 6.84. The molecule has 0 aliphatic heterocycles. The van der Waals surface area contributed by atoms with Gasteiger partial charge in [0.15, 0.2) is 11.7 Å². The van der Waals surface area contributed by atoms with Crippen LogP contribution in [0.3, 0.4) is 0 Å². The fourth-order valence-corrected chi connectivity index (χ4v) is 2.37. The Hall–Kier alpha value is -1.81. The summed E-state index contributed by atoms with van der Waals surface area (Å²) in [5, 5.41) is 3.50. The highest BCUT2D eigenvalue weighted by atomic mass is 16.5. The molecule has 0 radical (unpaired) electrons. The summed E-state index contributed by atoms with van der Waals surface area (Å²) in [5.41, 5.74) is 2.12. The van der Waals surface area contributed by atoms with E-state index < -0.39 is 0 Å². The Bertz CT molecular complexity index is 603. The van der Waals surface area contributed by atoms with Gasteiger partial charge >= 0.3 is 0 Å². The van der Waals surface area contributed by atoms with E-state index in [1.54, 1.807) is 13.3 Å². The quantitative estimate of drug-likeness (QED) is 0.793. The molecule has 0 bridgehead atoms. The molecule has 0 unspecified atom stereocenters. The summed E-state index contributed by atoms with van der Waals surface area (Å²) in [5.74, 6) is 2.49. The van der Waals surface area contributed by atoms with Gasteiger partial charge in [-0.1, -0.05) is 12.1 Å². The number of benzene rings is 1.